The number of aromatic nitrogens is 4. The Morgan fingerprint density at radius 2 is 1.86 bits per heavy atom. The average molecular weight is 380 g/mol. The summed E-state index contributed by atoms with van der Waals surface area (Å²) in [6.07, 6.45) is 1.14. The Hall–Kier alpha value is -2.77. The van der Waals surface area contributed by atoms with Crippen LogP contribution in [-0.2, 0) is 6.54 Å². The highest BCUT2D eigenvalue weighted by Crippen LogP contribution is 2.22. The number of hydrogen-bond acceptors (Lipinski definition) is 6. The molecule has 0 saturated heterocycles. The molecule has 1 N–H and O–H groups in total. The van der Waals surface area contributed by atoms with Gasteiger partial charge in [0.25, 0.3) is 0 Å². The first-order chi connectivity index (χ1) is 13.8. The number of tetrazole rings is 1. The minimum atomic E-state index is 0.343. The van der Waals surface area contributed by atoms with Crippen LogP contribution in [0.4, 0.5) is 0 Å². The summed E-state index contributed by atoms with van der Waals surface area (Å²) in [5.41, 5.74) is 2.02. The van der Waals surface area contributed by atoms with Crippen LogP contribution in [0.25, 0.3) is 5.69 Å². The maximum Gasteiger partial charge on any atom is 0.345 e. The highest BCUT2D eigenvalue weighted by molar-refractivity contribution is 5.34. The van der Waals surface area contributed by atoms with E-state index in [0.717, 1.165) is 50.6 Å². The van der Waals surface area contributed by atoms with Crippen LogP contribution in [0, 0.1) is 0 Å². The highest BCUT2D eigenvalue weighted by atomic mass is 16.5. The van der Waals surface area contributed by atoms with Crippen molar-refractivity contribution in [2.24, 2.45) is 0 Å². The van der Waals surface area contributed by atoms with Crippen molar-refractivity contribution >= 4 is 0 Å². The SMILES string of the molecule is CCN(CC)CCCNCc1cccc(Oc2nnnn2-c2ccccc2)c1. The van der Waals surface area contributed by atoms with Gasteiger partial charge in [-0.1, -0.05) is 49.3 Å². The molecule has 0 aliphatic heterocycles. The Morgan fingerprint density at radius 1 is 1.04 bits per heavy atom. The van der Waals surface area contributed by atoms with Gasteiger partial charge < -0.3 is 15.0 Å². The predicted molar refractivity (Wildman–Crippen MR) is 110 cm³/mol. The Bertz CT molecular complexity index is 832. The number of nitrogens with zero attached hydrogens (tertiary/aromatic N) is 5. The van der Waals surface area contributed by atoms with E-state index in [4.69, 9.17) is 4.74 Å². The zero-order chi connectivity index (χ0) is 19.6. The normalized spacial score (nSPS) is 11.1. The van der Waals surface area contributed by atoms with Crippen LogP contribution in [0.15, 0.2) is 54.6 Å². The van der Waals surface area contributed by atoms with Gasteiger partial charge in [0, 0.05) is 6.54 Å². The summed E-state index contributed by atoms with van der Waals surface area (Å²) in [6, 6.07) is 18.0. The zero-order valence-electron chi connectivity index (χ0n) is 16.6. The van der Waals surface area contributed by atoms with E-state index in [1.54, 1.807) is 4.68 Å². The molecule has 7 nitrogen and oxygen atoms in total. The van der Waals surface area contributed by atoms with E-state index < -0.39 is 0 Å². The molecule has 0 spiro atoms. The van der Waals surface area contributed by atoms with Gasteiger partial charge in [-0.2, -0.15) is 4.68 Å². The van der Waals surface area contributed by atoms with Crippen LogP contribution in [0.1, 0.15) is 25.8 Å². The van der Waals surface area contributed by atoms with Crippen molar-refractivity contribution in [2.45, 2.75) is 26.8 Å². The summed E-state index contributed by atoms with van der Waals surface area (Å²) in [7, 11) is 0. The molecule has 0 atom stereocenters. The van der Waals surface area contributed by atoms with Gasteiger partial charge >= 0.3 is 6.01 Å². The van der Waals surface area contributed by atoms with Gasteiger partial charge in [-0.3, -0.25) is 0 Å². The molecular weight excluding hydrogens is 352 g/mol. The largest absolute Gasteiger partial charge is 0.423 e. The fraction of sp³-hybridized carbons (Fsp3) is 0.381. The summed E-state index contributed by atoms with van der Waals surface area (Å²) >= 11 is 0. The molecule has 7 heteroatoms. The van der Waals surface area contributed by atoms with Crippen LogP contribution in [-0.4, -0.2) is 51.3 Å². The van der Waals surface area contributed by atoms with Gasteiger partial charge in [-0.25, -0.2) is 0 Å². The molecule has 3 aromatic rings. The fourth-order valence-corrected chi connectivity index (χ4v) is 3.00. The van der Waals surface area contributed by atoms with Gasteiger partial charge in [-0.05, 0) is 72.9 Å². The van der Waals surface area contributed by atoms with Crippen molar-refractivity contribution in [3.8, 4) is 17.4 Å². The second-order valence-corrected chi connectivity index (χ2v) is 6.52. The standard InChI is InChI=1S/C21H28N6O/c1-3-26(4-2)15-9-14-22-17-18-10-8-13-20(16-18)28-21-23-24-25-27(21)19-11-6-5-7-12-19/h5-8,10-13,16,22H,3-4,9,14-15,17H2,1-2H3. The summed E-state index contributed by atoms with van der Waals surface area (Å²) in [5, 5.41) is 15.3. The van der Waals surface area contributed by atoms with Crippen LogP contribution < -0.4 is 10.1 Å². The lowest BCUT2D eigenvalue weighted by Gasteiger charge is -2.17. The topological polar surface area (TPSA) is 68.1 Å². The second-order valence-electron chi connectivity index (χ2n) is 6.52. The van der Waals surface area contributed by atoms with Gasteiger partial charge in [0.1, 0.15) is 5.75 Å². The molecule has 2 aromatic carbocycles. The maximum atomic E-state index is 5.93. The molecule has 1 aromatic heterocycles. The van der Waals surface area contributed by atoms with Gasteiger partial charge in [0.15, 0.2) is 0 Å². The van der Waals surface area contributed by atoms with Crippen molar-refractivity contribution in [3.05, 3.63) is 60.2 Å². The number of nitrogens with one attached hydrogen (secondary N) is 1. The molecule has 0 unspecified atom stereocenters. The molecule has 0 saturated carbocycles. The summed E-state index contributed by atoms with van der Waals surface area (Å²) in [4.78, 5) is 2.44. The second kappa shape index (κ2) is 10.5. The molecule has 0 bridgehead atoms. The van der Waals surface area contributed by atoms with Crippen molar-refractivity contribution < 1.29 is 4.74 Å². The van der Waals surface area contributed by atoms with E-state index in [1.165, 1.54) is 5.56 Å². The van der Waals surface area contributed by atoms with Gasteiger partial charge in [0.2, 0.25) is 0 Å². The zero-order valence-corrected chi connectivity index (χ0v) is 16.6. The van der Waals surface area contributed by atoms with E-state index in [-0.39, 0.29) is 0 Å². The first-order valence-electron chi connectivity index (χ1n) is 9.83. The van der Waals surface area contributed by atoms with Crippen LogP contribution in [0.3, 0.4) is 0 Å². The lowest BCUT2D eigenvalue weighted by molar-refractivity contribution is 0.298. The third-order valence-corrected chi connectivity index (χ3v) is 4.60. The fourth-order valence-electron chi connectivity index (χ4n) is 3.00. The molecule has 0 aliphatic carbocycles. The Kier molecular flexibility index (Phi) is 7.52. The molecule has 0 radical (unpaired) electrons. The number of rotatable bonds is 11. The van der Waals surface area contributed by atoms with Crippen LogP contribution >= 0.6 is 0 Å². The van der Waals surface area contributed by atoms with E-state index in [0.29, 0.717) is 6.01 Å². The molecule has 148 valence electrons. The summed E-state index contributed by atoms with van der Waals surface area (Å²) < 4.78 is 7.51. The molecular formula is C21H28N6O. The average Bonchev–Trinajstić information content (AvgIpc) is 3.20. The Morgan fingerprint density at radius 3 is 2.64 bits per heavy atom. The highest BCUT2D eigenvalue weighted by Gasteiger charge is 2.10. The van der Waals surface area contributed by atoms with Crippen molar-refractivity contribution in [3.63, 3.8) is 0 Å². The van der Waals surface area contributed by atoms with Crippen molar-refractivity contribution in [2.75, 3.05) is 26.2 Å². The minimum Gasteiger partial charge on any atom is -0.423 e. The third kappa shape index (κ3) is 5.61. The van der Waals surface area contributed by atoms with E-state index in [9.17, 15) is 0 Å². The first-order valence-corrected chi connectivity index (χ1v) is 9.83. The van der Waals surface area contributed by atoms with Crippen molar-refractivity contribution in [1.29, 1.82) is 0 Å². The molecule has 1 heterocycles. The maximum absolute atomic E-state index is 5.93. The van der Waals surface area contributed by atoms with E-state index >= 15 is 0 Å². The molecule has 28 heavy (non-hydrogen) atoms. The van der Waals surface area contributed by atoms with Crippen molar-refractivity contribution in [1.82, 2.24) is 30.4 Å². The third-order valence-electron chi connectivity index (χ3n) is 4.60. The summed E-state index contributed by atoms with van der Waals surface area (Å²) in [5.74, 6) is 0.717. The Labute approximate surface area is 166 Å². The predicted octanol–water partition coefficient (Wildman–Crippen LogP) is 3.28. The summed E-state index contributed by atoms with van der Waals surface area (Å²) in [6.45, 7) is 9.56. The molecule has 0 amide bonds. The van der Waals surface area contributed by atoms with Crippen LogP contribution in [0.5, 0.6) is 11.8 Å². The quantitative estimate of drug-likeness (QED) is 0.515. The Balaban J connectivity index is 1.54. The van der Waals surface area contributed by atoms with Gasteiger partial charge in [0.05, 0.1) is 5.69 Å². The monoisotopic (exact) mass is 380 g/mol. The molecule has 0 fully saturated rings. The number of para-hydroxylation sites is 1. The first kappa shape index (κ1) is 20.0. The van der Waals surface area contributed by atoms with Gasteiger partial charge in [-0.15, -0.1) is 0 Å². The molecule has 3 rings (SSSR count). The van der Waals surface area contributed by atoms with E-state index in [2.05, 4.69) is 45.7 Å². The smallest absolute Gasteiger partial charge is 0.345 e. The lowest BCUT2D eigenvalue weighted by Crippen LogP contribution is -2.27. The van der Waals surface area contributed by atoms with Crippen LogP contribution in [0.2, 0.25) is 0 Å². The lowest BCUT2D eigenvalue weighted by atomic mass is 10.2. The van der Waals surface area contributed by atoms with E-state index in [1.807, 2.05) is 48.5 Å². The number of hydrogen-bond donors (Lipinski definition) is 1. The number of ether oxygens (including phenoxy) is 1. The minimum absolute atomic E-state index is 0.343. The molecule has 0 aliphatic rings. The number of benzene rings is 2.